The van der Waals surface area contributed by atoms with E-state index in [2.05, 4.69) is 21.2 Å². The molecule has 1 aliphatic rings. The van der Waals surface area contributed by atoms with E-state index in [0.29, 0.717) is 5.56 Å². The SMILES string of the molecule is O=C(CC1(c2ccc(Br)cc2)C(=O)Nc2ccccc21)c1ccccc1. The lowest BCUT2D eigenvalue weighted by Crippen LogP contribution is -2.38. The van der Waals surface area contributed by atoms with Gasteiger partial charge < -0.3 is 5.32 Å². The summed E-state index contributed by atoms with van der Waals surface area (Å²) in [4.78, 5) is 26.1. The maximum Gasteiger partial charge on any atom is 0.240 e. The van der Waals surface area contributed by atoms with Crippen molar-refractivity contribution >= 4 is 33.3 Å². The third kappa shape index (κ3) is 2.67. The summed E-state index contributed by atoms with van der Waals surface area (Å²) < 4.78 is 0.928. The Morgan fingerprint density at radius 2 is 1.54 bits per heavy atom. The fraction of sp³-hybridized carbons (Fsp3) is 0.0909. The second-order valence-electron chi connectivity index (χ2n) is 6.38. The minimum Gasteiger partial charge on any atom is -0.325 e. The number of carbonyl (C=O) groups is 2. The van der Waals surface area contributed by atoms with E-state index in [1.807, 2.05) is 66.7 Å². The zero-order valence-corrected chi connectivity index (χ0v) is 15.5. The molecule has 4 rings (SSSR count). The molecule has 0 fully saturated rings. The van der Waals surface area contributed by atoms with Crippen LogP contribution >= 0.6 is 15.9 Å². The zero-order chi connectivity index (χ0) is 18.1. The van der Waals surface area contributed by atoms with Gasteiger partial charge in [-0.15, -0.1) is 0 Å². The van der Waals surface area contributed by atoms with E-state index in [4.69, 9.17) is 0 Å². The van der Waals surface area contributed by atoms with Crippen LogP contribution in [0, 0.1) is 0 Å². The molecule has 1 atom stereocenters. The summed E-state index contributed by atoms with van der Waals surface area (Å²) in [6, 6.07) is 24.3. The molecule has 1 aliphatic heterocycles. The van der Waals surface area contributed by atoms with Gasteiger partial charge in [-0.05, 0) is 29.3 Å². The Balaban J connectivity index is 1.87. The lowest BCUT2D eigenvalue weighted by atomic mass is 9.71. The van der Waals surface area contributed by atoms with Crippen molar-refractivity contribution in [3.8, 4) is 0 Å². The average molecular weight is 406 g/mol. The number of nitrogens with one attached hydrogen (secondary N) is 1. The second kappa shape index (κ2) is 6.54. The molecule has 0 aromatic heterocycles. The third-order valence-electron chi connectivity index (χ3n) is 4.88. The first kappa shape index (κ1) is 16.7. The van der Waals surface area contributed by atoms with Crippen LogP contribution in [0.15, 0.2) is 83.3 Å². The number of amides is 1. The lowest BCUT2D eigenvalue weighted by Gasteiger charge is -2.27. The summed E-state index contributed by atoms with van der Waals surface area (Å²) in [5.74, 6) is -0.217. The van der Waals surface area contributed by atoms with Gasteiger partial charge in [0.25, 0.3) is 0 Å². The maximum atomic E-state index is 13.1. The van der Waals surface area contributed by atoms with Gasteiger partial charge in [-0.2, -0.15) is 0 Å². The number of Topliss-reactive ketones (excluding diaryl/α,β-unsaturated/α-hetero) is 1. The molecule has 1 amide bonds. The molecule has 1 unspecified atom stereocenters. The van der Waals surface area contributed by atoms with Crippen LogP contribution in [0.1, 0.15) is 27.9 Å². The van der Waals surface area contributed by atoms with Gasteiger partial charge in [0.1, 0.15) is 5.41 Å². The quantitative estimate of drug-likeness (QED) is 0.623. The standard InChI is InChI=1S/C22H16BrNO2/c23-17-12-10-16(11-13-17)22(14-20(25)15-6-2-1-3-7-15)18-8-4-5-9-19(18)24-21(22)26/h1-13H,14H2,(H,24,26). The third-order valence-corrected chi connectivity index (χ3v) is 5.41. The number of fused-ring (bicyclic) bond motifs is 1. The summed E-state index contributed by atoms with van der Waals surface area (Å²) in [6.07, 6.45) is 0.0848. The van der Waals surface area contributed by atoms with E-state index < -0.39 is 5.41 Å². The van der Waals surface area contributed by atoms with Crippen LogP contribution in [0.2, 0.25) is 0 Å². The highest BCUT2D eigenvalue weighted by atomic mass is 79.9. The van der Waals surface area contributed by atoms with E-state index in [1.165, 1.54) is 0 Å². The van der Waals surface area contributed by atoms with Crippen LogP contribution in [0.4, 0.5) is 5.69 Å². The van der Waals surface area contributed by atoms with Crippen LogP contribution < -0.4 is 5.32 Å². The Bertz CT molecular complexity index is 983. The molecule has 0 saturated heterocycles. The second-order valence-corrected chi connectivity index (χ2v) is 7.29. The monoisotopic (exact) mass is 405 g/mol. The number of benzene rings is 3. The topological polar surface area (TPSA) is 46.2 Å². The molecular weight excluding hydrogens is 390 g/mol. The molecule has 1 N–H and O–H groups in total. The summed E-state index contributed by atoms with van der Waals surface area (Å²) in [5, 5.41) is 2.96. The van der Waals surface area contributed by atoms with E-state index >= 15 is 0 Å². The van der Waals surface area contributed by atoms with Gasteiger partial charge in [0.05, 0.1) is 0 Å². The van der Waals surface area contributed by atoms with Gasteiger partial charge in [0, 0.05) is 22.1 Å². The van der Waals surface area contributed by atoms with Crippen molar-refractivity contribution in [1.29, 1.82) is 0 Å². The molecule has 4 heteroatoms. The summed E-state index contributed by atoms with van der Waals surface area (Å²) in [5.41, 5.74) is 2.01. The van der Waals surface area contributed by atoms with Crippen LogP contribution in [-0.4, -0.2) is 11.7 Å². The van der Waals surface area contributed by atoms with Crippen molar-refractivity contribution in [3.63, 3.8) is 0 Å². The molecule has 0 aliphatic carbocycles. The first-order chi connectivity index (χ1) is 12.6. The number of hydrogen-bond acceptors (Lipinski definition) is 2. The van der Waals surface area contributed by atoms with Gasteiger partial charge in [-0.3, -0.25) is 9.59 Å². The van der Waals surface area contributed by atoms with Crippen molar-refractivity contribution in [2.24, 2.45) is 0 Å². The number of ketones is 1. The van der Waals surface area contributed by atoms with Crippen molar-refractivity contribution in [2.75, 3.05) is 5.32 Å². The van der Waals surface area contributed by atoms with Crippen molar-refractivity contribution in [3.05, 3.63) is 100 Å². The fourth-order valence-electron chi connectivity index (χ4n) is 3.58. The Kier molecular flexibility index (Phi) is 4.21. The molecule has 3 aromatic rings. The van der Waals surface area contributed by atoms with Crippen molar-refractivity contribution < 1.29 is 9.59 Å². The number of anilines is 1. The maximum absolute atomic E-state index is 13.1. The summed E-state index contributed by atoms with van der Waals surface area (Å²) >= 11 is 3.44. The van der Waals surface area contributed by atoms with Gasteiger partial charge in [-0.25, -0.2) is 0 Å². The summed E-state index contributed by atoms with van der Waals surface area (Å²) in [7, 11) is 0. The minimum atomic E-state index is -1.02. The highest BCUT2D eigenvalue weighted by Gasteiger charge is 2.49. The van der Waals surface area contributed by atoms with Crippen LogP contribution in [0.5, 0.6) is 0 Å². The molecule has 1 heterocycles. The van der Waals surface area contributed by atoms with E-state index in [1.54, 1.807) is 12.1 Å². The van der Waals surface area contributed by atoms with Gasteiger partial charge in [0.15, 0.2) is 5.78 Å². The number of para-hydroxylation sites is 1. The number of rotatable bonds is 4. The van der Waals surface area contributed by atoms with E-state index in [9.17, 15) is 9.59 Å². The van der Waals surface area contributed by atoms with E-state index in [-0.39, 0.29) is 18.1 Å². The molecule has 3 aromatic carbocycles. The Morgan fingerprint density at radius 1 is 0.885 bits per heavy atom. The zero-order valence-electron chi connectivity index (χ0n) is 13.9. The van der Waals surface area contributed by atoms with Crippen molar-refractivity contribution in [2.45, 2.75) is 11.8 Å². The Labute approximate surface area is 160 Å². The largest absolute Gasteiger partial charge is 0.325 e. The highest BCUT2D eigenvalue weighted by molar-refractivity contribution is 9.10. The van der Waals surface area contributed by atoms with Crippen LogP contribution in [-0.2, 0) is 10.2 Å². The Hall–Kier alpha value is -2.72. The highest BCUT2D eigenvalue weighted by Crippen LogP contribution is 2.46. The predicted octanol–water partition coefficient (Wildman–Crippen LogP) is 4.96. The molecule has 0 saturated carbocycles. The van der Waals surface area contributed by atoms with Gasteiger partial charge in [0.2, 0.25) is 5.91 Å². The number of carbonyl (C=O) groups excluding carboxylic acids is 2. The van der Waals surface area contributed by atoms with Gasteiger partial charge in [-0.1, -0.05) is 76.6 Å². The molecule has 26 heavy (non-hydrogen) atoms. The molecule has 0 radical (unpaired) electrons. The van der Waals surface area contributed by atoms with Gasteiger partial charge >= 0.3 is 0 Å². The predicted molar refractivity (Wildman–Crippen MR) is 105 cm³/mol. The molecule has 0 bridgehead atoms. The van der Waals surface area contributed by atoms with E-state index in [0.717, 1.165) is 21.3 Å². The molecule has 0 spiro atoms. The molecule has 3 nitrogen and oxygen atoms in total. The average Bonchev–Trinajstić information content (AvgIpc) is 2.95. The van der Waals surface area contributed by atoms with Crippen molar-refractivity contribution in [1.82, 2.24) is 0 Å². The molecular formula is C22H16BrNO2. The molecule has 128 valence electrons. The Morgan fingerprint density at radius 3 is 2.27 bits per heavy atom. The first-order valence-corrected chi connectivity index (χ1v) is 9.16. The normalized spacial score (nSPS) is 18.3. The fourth-order valence-corrected chi connectivity index (χ4v) is 3.85. The number of hydrogen-bond donors (Lipinski definition) is 1. The smallest absolute Gasteiger partial charge is 0.240 e. The first-order valence-electron chi connectivity index (χ1n) is 8.36. The number of halogens is 1. The van der Waals surface area contributed by atoms with Crippen LogP contribution in [0.25, 0.3) is 0 Å². The summed E-state index contributed by atoms with van der Waals surface area (Å²) in [6.45, 7) is 0. The minimum absolute atomic E-state index is 0.0552. The van der Waals surface area contributed by atoms with Crippen LogP contribution in [0.3, 0.4) is 0 Å². The lowest BCUT2D eigenvalue weighted by molar-refractivity contribution is -0.119.